The van der Waals surface area contributed by atoms with Crippen LogP contribution in [0.1, 0.15) is 18.5 Å². The molecule has 0 bridgehead atoms. The van der Waals surface area contributed by atoms with Gasteiger partial charge in [-0.25, -0.2) is 4.79 Å². The van der Waals surface area contributed by atoms with Crippen LogP contribution in [0.5, 0.6) is 17.2 Å². The Labute approximate surface area is 150 Å². The van der Waals surface area contributed by atoms with Crippen molar-refractivity contribution in [3.8, 4) is 17.2 Å². The standard InChI is InChI=1S/C18H20F2N2O4/c1-11(13-10-12(24-2)8-9-15(13)25-3)21-18(23)22-14-6-4-5-7-16(14)26-17(19)20/h4-11,17H,1-3H3,(H2,21,22,23). The number of alkyl halides is 2. The van der Waals surface area contributed by atoms with Gasteiger partial charge in [0.15, 0.2) is 0 Å². The number of rotatable bonds is 7. The summed E-state index contributed by atoms with van der Waals surface area (Å²) < 4.78 is 39.8. The molecule has 6 nitrogen and oxygen atoms in total. The minimum atomic E-state index is -2.99. The number of urea groups is 1. The van der Waals surface area contributed by atoms with E-state index in [1.54, 1.807) is 31.2 Å². The van der Waals surface area contributed by atoms with Gasteiger partial charge in [-0.1, -0.05) is 12.1 Å². The molecular formula is C18H20F2N2O4. The second-order valence-electron chi connectivity index (χ2n) is 5.30. The van der Waals surface area contributed by atoms with E-state index < -0.39 is 18.7 Å². The van der Waals surface area contributed by atoms with Gasteiger partial charge < -0.3 is 24.8 Å². The van der Waals surface area contributed by atoms with Crippen LogP contribution in [0.3, 0.4) is 0 Å². The van der Waals surface area contributed by atoms with Crippen LogP contribution in [0.2, 0.25) is 0 Å². The van der Waals surface area contributed by atoms with E-state index in [0.29, 0.717) is 17.1 Å². The van der Waals surface area contributed by atoms with Crippen LogP contribution in [0.25, 0.3) is 0 Å². The minimum absolute atomic E-state index is 0.121. The molecule has 26 heavy (non-hydrogen) atoms. The predicted octanol–water partition coefficient (Wildman–Crippen LogP) is 4.19. The summed E-state index contributed by atoms with van der Waals surface area (Å²) in [5, 5.41) is 5.22. The highest BCUT2D eigenvalue weighted by Gasteiger charge is 2.17. The van der Waals surface area contributed by atoms with Crippen molar-refractivity contribution in [1.29, 1.82) is 0 Å². The van der Waals surface area contributed by atoms with E-state index in [9.17, 15) is 13.6 Å². The van der Waals surface area contributed by atoms with Crippen LogP contribution in [0, 0.1) is 0 Å². The van der Waals surface area contributed by atoms with Crippen LogP contribution in [0.4, 0.5) is 19.3 Å². The molecule has 8 heteroatoms. The number of hydrogen-bond donors (Lipinski definition) is 2. The van der Waals surface area contributed by atoms with Gasteiger partial charge in [0.25, 0.3) is 0 Å². The largest absolute Gasteiger partial charge is 0.497 e. The molecule has 2 rings (SSSR count). The summed E-state index contributed by atoms with van der Waals surface area (Å²) in [4.78, 5) is 12.3. The summed E-state index contributed by atoms with van der Waals surface area (Å²) in [5.41, 5.74) is 0.842. The highest BCUT2D eigenvalue weighted by molar-refractivity contribution is 5.91. The fourth-order valence-electron chi connectivity index (χ4n) is 2.38. The molecule has 0 aromatic heterocycles. The lowest BCUT2D eigenvalue weighted by molar-refractivity contribution is -0.0493. The number of carbonyl (C=O) groups excluding carboxylic acids is 1. The van der Waals surface area contributed by atoms with Crippen molar-refractivity contribution in [1.82, 2.24) is 5.32 Å². The van der Waals surface area contributed by atoms with E-state index in [4.69, 9.17) is 9.47 Å². The normalized spacial score (nSPS) is 11.6. The number of benzene rings is 2. The number of anilines is 1. The molecule has 0 radical (unpaired) electrons. The van der Waals surface area contributed by atoms with Gasteiger partial charge in [0.1, 0.15) is 17.2 Å². The molecule has 140 valence electrons. The number of halogens is 2. The molecule has 0 heterocycles. The zero-order valence-corrected chi connectivity index (χ0v) is 14.6. The number of ether oxygens (including phenoxy) is 3. The second kappa shape index (κ2) is 8.89. The third-order valence-corrected chi connectivity index (χ3v) is 3.60. The first-order valence-electron chi connectivity index (χ1n) is 7.78. The van der Waals surface area contributed by atoms with Gasteiger partial charge in [-0.2, -0.15) is 8.78 Å². The lowest BCUT2D eigenvalue weighted by atomic mass is 10.1. The fourth-order valence-corrected chi connectivity index (χ4v) is 2.38. The maximum Gasteiger partial charge on any atom is 0.387 e. The van der Waals surface area contributed by atoms with Crippen molar-refractivity contribution >= 4 is 11.7 Å². The topological polar surface area (TPSA) is 68.8 Å². The predicted molar refractivity (Wildman–Crippen MR) is 93.2 cm³/mol. The minimum Gasteiger partial charge on any atom is -0.497 e. The van der Waals surface area contributed by atoms with Crippen LogP contribution >= 0.6 is 0 Å². The Balaban J connectivity index is 2.11. The number of amides is 2. The molecule has 0 saturated heterocycles. The van der Waals surface area contributed by atoms with Gasteiger partial charge in [-0.15, -0.1) is 0 Å². The van der Waals surface area contributed by atoms with E-state index in [1.165, 1.54) is 32.4 Å². The summed E-state index contributed by atoms with van der Waals surface area (Å²) in [5.74, 6) is 1.08. The molecule has 0 aliphatic carbocycles. The third-order valence-electron chi connectivity index (χ3n) is 3.60. The molecule has 2 N–H and O–H groups in total. The van der Waals surface area contributed by atoms with Crippen molar-refractivity contribution in [2.45, 2.75) is 19.6 Å². The summed E-state index contributed by atoms with van der Waals surface area (Å²) in [6, 6.07) is 10.2. The van der Waals surface area contributed by atoms with E-state index in [2.05, 4.69) is 15.4 Å². The Hall–Kier alpha value is -3.03. The van der Waals surface area contributed by atoms with Crippen molar-refractivity contribution < 1.29 is 27.8 Å². The van der Waals surface area contributed by atoms with Gasteiger partial charge in [-0.3, -0.25) is 0 Å². The summed E-state index contributed by atoms with van der Waals surface area (Å²) in [7, 11) is 3.06. The summed E-state index contributed by atoms with van der Waals surface area (Å²) in [6.07, 6.45) is 0. The molecule has 1 unspecified atom stereocenters. The third kappa shape index (κ3) is 4.98. The summed E-state index contributed by atoms with van der Waals surface area (Å²) >= 11 is 0. The second-order valence-corrected chi connectivity index (χ2v) is 5.30. The number of nitrogens with one attached hydrogen (secondary N) is 2. The molecule has 0 aliphatic heterocycles. The van der Waals surface area contributed by atoms with Gasteiger partial charge in [0, 0.05) is 5.56 Å². The van der Waals surface area contributed by atoms with Crippen LogP contribution in [-0.4, -0.2) is 26.9 Å². The number of hydrogen-bond acceptors (Lipinski definition) is 4. The van der Waals surface area contributed by atoms with Crippen LogP contribution in [-0.2, 0) is 0 Å². The van der Waals surface area contributed by atoms with E-state index in [1.807, 2.05) is 0 Å². The average Bonchev–Trinajstić information content (AvgIpc) is 2.62. The van der Waals surface area contributed by atoms with Crippen LogP contribution in [0.15, 0.2) is 42.5 Å². The Morgan fingerprint density at radius 3 is 2.42 bits per heavy atom. The van der Waals surface area contributed by atoms with E-state index >= 15 is 0 Å². The Kier molecular flexibility index (Phi) is 6.60. The number of carbonyl (C=O) groups is 1. The Morgan fingerprint density at radius 1 is 1.04 bits per heavy atom. The Morgan fingerprint density at radius 2 is 1.77 bits per heavy atom. The van der Waals surface area contributed by atoms with Crippen molar-refractivity contribution in [2.75, 3.05) is 19.5 Å². The highest BCUT2D eigenvalue weighted by Crippen LogP contribution is 2.30. The smallest absolute Gasteiger partial charge is 0.387 e. The monoisotopic (exact) mass is 366 g/mol. The molecule has 2 aromatic carbocycles. The van der Waals surface area contributed by atoms with Gasteiger partial charge >= 0.3 is 12.6 Å². The molecule has 0 fully saturated rings. The number of para-hydroxylation sites is 2. The molecule has 2 amide bonds. The molecular weight excluding hydrogens is 346 g/mol. The average molecular weight is 366 g/mol. The molecule has 2 aromatic rings. The maximum atomic E-state index is 12.4. The zero-order chi connectivity index (χ0) is 19.1. The van der Waals surface area contributed by atoms with Crippen molar-refractivity contribution in [3.05, 3.63) is 48.0 Å². The fraction of sp³-hybridized carbons (Fsp3) is 0.278. The van der Waals surface area contributed by atoms with Crippen LogP contribution < -0.4 is 24.8 Å². The quantitative estimate of drug-likeness (QED) is 0.771. The molecule has 0 spiro atoms. The van der Waals surface area contributed by atoms with Crippen molar-refractivity contribution in [3.63, 3.8) is 0 Å². The van der Waals surface area contributed by atoms with E-state index in [0.717, 1.165) is 0 Å². The first-order valence-corrected chi connectivity index (χ1v) is 7.78. The maximum absolute atomic E-state index is 12.4. The van der Waals surface area contributed by atoms with E-state index in [-0.39, 0.29) is 11.4 Å². The molecule has 0 aliphatic rings. The Bertz CT molecular complexity index is 756. The highest BCUT2D eigenvalue weighted by atomic mass is 19.3. The van der Waals surface area contributed by atoms with Gasteiger partial charge in [-0.05, 0) is 37.3 Å². The summed E-state index contributed by atoms with van der Waals surface area (Å²) in [6.45, 7) is -1.22. The lowest BCUT2D eigenvalue weighted by Crippen LogP contribution is -2.31. The zero-order valence-electron chi connectivity index (χ0n) is 14.6. The first-order chi connectivity index (χ1) is 12.4. The number of methoxy groups -OCH3 is 2. The van der Waals surface area contributed by atoms with Crippen molar-refractivity contribution in [2.24, 2.45) is 0 Å². The lowest BCUT2D eigenvalue weighted by Gasteiger charge is -2.19. The molecule has 1 atom stereocenters. The first kappa shape index (κ1) is 19.3. The van der Waals surface area contributed by atoms with Gasteiger partial charge in [0.2, 0.25) is 0 Å². The van der Waals surface area contributed by atoms with Gasteiger partial charge in [0.05, 0.1) is 25.9 Å². The SMILES string of the molecule is COc1ccc(OC)c(C(C)NC(=O)Nc2ccccc2OC(F)F)c1. The molecule has 0 saturated carbocycles.